The van der Waals surface area contributed by atoms with Crippen LogP contribution in [0.2, 0.25) is 0 Å². The molecule has 0 fully saturated rings. The van der Waals surface area contributed by atoms with E-state index >= 15 is 0 Å². The Balaban J connectivity index is 4.59. The first-order chi connectivity index (χ1) is 9.04. The zero-order valence-corrected chi connectivity index (χ0v) is 15.7. The minimum absolute atomic E-state index is 1.27. The topological polar surface area (TPSA) is 0 Å². The molecule has 0 aromatic carbocycles. The molecule has 118 valence electrons. The van der Waals surface area contributed by atoms with E-state index in [0.29, 0.717) is 0 Å². The summed E-state index contributed by atoms with van der Waals surface area (Å²) in [5.74, 6) is -1.89. The SMILES string of the molecule is CCCCCP(Cl)(CC)(CCCCC)CCCCC. The summed E-state index contributed by atoms with van der Waals surface area (Å²) in [6.07, 6.45) is 17.5. The van der Waals surface area contributed by atoms with Gasteiger partial charge in [-0.1, -0.05) is 0 Å². The van der Waals surface area contributed by atoms with Gasteiger partial charge in [-0.15, -0.1) is 0 Å². The van der Waals surface area contributed by atoms with Crippen LogP contribution in [0.1, 0.15) is 85.5 Å². The molecule has 0 radical (unpaired) electrons. The number of halogens is 1. The molecule has 0 aliphatic carbocycles. The van der Waals surface area contributed by atoms with Crippen LogP contribution in [-0.2, 0) is 0 Å². The molecule has 0 nitrogen and oxygen atoms in total. The summed E-state index contributed by atoms with van der Waals surface area (Å²) < 4.78 is 0. The van der Waals surface area contributed by atoms with E-state index in [1.807, 2.05) is 0 Å². The zero-order valence-electron chi connectivity index (χ0n) is 14.0. The van der Waals surface area contributed by atoms with Gasteiger partial charge in [0.25, 0.3) is 0 Å². The van der Waals surface area contributed by atoms with Crippen LogP contribution in [0.3, 0.4) is 0 Å². The van der Waals surface area contributed by atoms with E-state index in [2.05, 4.69) is 27.7 Å². The molecule has 0 N–H and O–H groups in total. The van der Waals surface area contributed by atoms with Crippen molar-refractivity contribution < 1.29 is 0 Å². The van der Waals surface area contributed by atoms with E-state index in [1.165, 1.54) is 82.4 Å². The molecule has 0 aromatic rings. The molecule has 0 saturated carbocycles. The maximum absolute atomic E-state index is 7.42. The van der Waals surface area contributed by atoms with Crippen molar-refractivity contribution in [2.75, 3.05) is 24.6 Å². The van der Waals surface area contributed by atoms with E-state index < -0.39 is 5.96 Å². The molecule has 19 heavy (non-hydrogen) atoms. The zero-order chi connectivity index (χ0) is 14.6. The van der Waals surface area contributed by atoms with Gasteiger partial charge < -0.3 is 0 Å². The predicted octanol–water partition coefficient (Wildman–Crippen LogP) is 7.28. The first kappa shape index (κ1) is 19.7. The van der Waals surface area contributed by atoms with Gasteiger partial charge in [0.05, 0.1) is 0 Å². The van der Waals surface area contributed by atoms with E-state index in [0.717, 1.165) is 0 Å². The van der Waals surface area contributed by atoms with Crippen molar-refractivity contribution in [3.8, 4) is 0 Å². The molecule has 0 unspecified atom stereocenters. The first-order valence-electron chi connectivity index (χ1n) is 8.76. The summed E-state index contributed by atoms with van der Waals surface area (Å²) >= 11 is 7.42. The third-order valence-corrected chi connectivity index (χ3v) is 12.9. The van der Waals surface area contributed by atoms with Crippen LogP contribution in [-0.4, -0.2) is 24.6 Å². The van der Waals surface area contributed by atoms with E-state index in [9.17, 15) is 0 Å². The molecule has 0 heterocycles. The summed E-state index contributed by atoms with van der Waals surface area (Å²) in [6, 6.07) is 0. The normalized spacial score (nSPS) is 14.3. The van der Waals surface area contributed by atoms with Crippen LogP contribution < -0.4 is 0 Å². The Morgan fingerprint density at radius 3 is 1.11 bits per heavy atom. The fourth-order valence-electron chi connectivity index (χ4n) is 3.08. The standard InChI is InChI=1S/C17H38ClP/c1-5-9-12-15-19(18,8-4,16-13-10-6-2)17-14-11-7-3/h5-17H2,1-4H3. The second-order valence-electron chi connectivity index (χ2n) is 6.43. The Labute approximate surface area is 127 Å². The van der Waals surface area contributed by atoms with E-state index in [4.69, 9.17) is 11.2 Å². The molecule has 0 aliphatic rings. The number of hydrogen-bond donors (Lipinski definition) is 0. The van der Waals surface area contributed by atoms with Gasteiger partial charge in [-0.25, -0.2) is 0 Å². The third-order valence-electron chi connectivity index (χ3n) is 4.75. The Bertz CT molecular complexity index is 186. The molecule has 0 bridgehead atoms. The van der Waals surface area contributed by atoms with Gasteiger partial charge in [-0.05, 0) is 0 Å². The molecule has 0 spiro atoms. The summed E-state index contributed by atoms with van der Waals surface area (Å²) in [4.78, 5) is 0. The number of unbranched alkanes of at least 4 members (excludes halogenated alkanes) is 6. The van der Waals surface area contributed by atoms with Gasteiger partial charge >= 0.3 is 127 Å². The predicted molar refractivity (Wildman–Crippen MR) is 96.5 cm³/mol. The monoisotopic (exact) mass is 308 g/mol. The first-order valence-corrected chi connectivity index (χ1v) is 12.6. The van der Waals surface area contributed by atoms with Gasteiger partial charge in [0.2, 0.25) is 0 Å². The Kier molecular flexibility index (Phi) is 10.8. The van der Waals surface area contributed by atoms with Crippen molar-refractivity contribution in [1.29, 1.82) is 0 Å². The summed E-state index contributed by atoms with van der Waals surface area (Å²) in [7, 11) is 0. The molecule has 0 rings (SSSR count). The van der Waals surface area contributed by atoms with Crippen molar-refractivity contribution in [3.05, 3.63) is 0 Å². The van der Waals surface area contributed by atoms with Crippen LogP contribution in [0.4, 0.5) is 0 Å². The molecular formula is C17H38ClP. The van der Waals surface area contributed by atoms with Crippen molar-refractivity contribution in [1.82, 2.24) is 0 Å². The summed E-state index contributed by atoms with van der Waals surface area (Å²) in [5.41, 5.74) is 0. The van der Waals surface area contributed by atoms with Crippen molar-refractivity contribution in [2.45, 2.75) is 85.5 Å². The number of hydrogen-bond acceptors (Lipinski definition) is 0. The summed E-state index contributed by atoms with van der Waals surface area (Å²) in [6.45, 7) is 9.25. The fourth-order valence-corrected chi connectivity index (χ4v) is 8.82. The molecule has 2 heteroatoms. The van der Waals surface area contributed by atoms with E-state index in [1.54, 1.807) is 0 Å². The molecular weight excluding hydrogens is 271 g/mol. The van der Waals surface area contributed by atoms with Crippen molar-refractivity contribution >= 4 is 17.2 Å². The van der Waals surface area contributed by atoms with Gasteiger partial charge in [0, 0.05) is 0 Å². The van der Waals surface area contributed by atoms with Crippen LogP contribution in [0.15, 0.2) is 0 Å². The van der Waals surface area contributed by atoms with Gasteiger partial charge in [-0.2, -0.15) is 0 Å². The van der Waals surface area contributed by atoms with Gasteiger partial charge in [0.15, 0.2) is 0 Å². The second kappa shape index (κ2) is 10.4. The van der Waals surface area contributed by atoms with Gasteiger partial charge in [0.1, 0.15) is 0 Å². The van der Waals surface area contributed by atoms with Crippen LogP contribution >= 0.6 is 17.2 Å². The maximum atomic E-state index is 7.42. The van der Waals surface area contributed by atoms with Crippen LogP contribution in [0.5, 0.6) is 0 Å². The number of rotatable bonds is 13. The molecule has 0 aliphatic heterocycles. The Hall–Kier alpha value is 0.720. The second-order valence-corrected chi connectivity index (χ2v) is 14.9. The van der Waals surface area contributed by atoms with Crippen LogP contribution in [0.25, 0.3) is 0 Å². The average Bonchev–Trinajstić information content (AvgIpc) is 2.40. The molecule has 0 aromatic heterocycles. The van der Waals surface area contributed by atoms with E-state index in [-0.39, 0.29) is 0 Å². The van der Waals surface area contributed by atoms with Crippen LogP contribution in [0, 0.1) is 0 Å². The van der Waals surface area contributed by atoms with Crippen molar-refractivity contribution in [3.63, 3.8) is 0 Å². The molecule has 0 amide bonds. The Morgan fingerprint density at radius 2 is 0.895 bits per heavy atom. The average molecular weight is 309 g/mol. The van der Waals surface area contributed by atoms with Gasteiger partial charge in [-0.3, -0.25) is 0 Å². The minimum atomic E-state index is -1.89. The summed E-state index contributed by atoms with van der Waals surface area (Å²) in [5, 5.41) is 0. The Morgan fingerprint density at radius 1 is 0.579 bits per heavy atom. The van der Waals surface area contributed by atoms with Crippen molar-refractivity contribution in [2.24, 2.45) is 0 Å². The fraction of sp³-hybridized carbons (Fsp3) is 1.00. The quantitative estimate of drug-likeness (QED) is 0.247. The molecule has 0 atom stereocenters. The third kappa shape index (κ3) is 7.91. The molecule has 0 saturated heterocycles.